The maximum atomic E-state index is 12.2. The van der Waals surface area contributed by atoms with Crippen LogP contribution in [-0.2, 0) is 11.8 Å². The highest BCUT2D eigenvalue weighted by Gasteiger charge is 2.22. The van der Waals surface area contributed by atoms with E-state index in [-0.39, 0.29) is 11.8 Å². The molecule has 0 bridgehead atoms. The van der Waals surface area contributed by atoms with E-state index in [1.165, 1.54) is 0 Å². The maximum Gasteiger partial charge on any atom is 0.229 e. The number of aryl methyl sites for hydroxylation is 1. The summed E-state index contributed by atoms with van der Waals surface area (Å²) in [6.45, 7) is 3.02. The van der Waals surface area contributed by atoms with Gasteiger partial charge in [-0.2, -0.15) is 10.1 Å². The van der Waals surface area contributed by atoms with Crippen molar-refractivity contribution in [3.05, 3.63) is 23.6 Å². The highest BCUT2D eigenvalue weighted by atomic mass is 35.5. The first-order valence-corrected chi connectivity index (χ1v) is 10.2. The summed E-state index contributed by atoms with van der Waals surface area (Å²) in [7, 11) is 5.81. The molecule has 9 nitrogen and oxygen atoms in total. The molecule has 1 saturated heterocycles. The number of nitrogens with zero attached hydrogens (tertiary/aromatic N) is 6. The van der Waals surface area contributed by atoms with Crippen molar-refractivity contribution >= 4 is 34.8 Å². The Bertz CT molecular complexity index is 824. The van der Waals surface area contributed by atoms with Crippen LogP contribution in [0.2, 0.25) is 5.02 Å². The zero-order valence-electron chi connectivity index (χ0n) is 17.2. The van der Waals surface area contributed by atoms with E-state index in [2.05, 4.69) is 30.6 Å². The minimum Gasteiger partial charge on any atom is -0.365 e. The van der Waals surface area contributed by atoms with E-state index in [9.17, 15) is 4.79 Å². The number of aromatic nitrogens is 4. The first-order valence-electron chi connectivity index (χ1n) is 9.82. The monoisotopic (exact) mass is 420 g/mol. The average molecular weight is 421 g/mol. The van der Waals surface area contributed by atoms with Crippen LogP contribution in [0.15, 0.2) is 18.6 Å². The molecule has 3 rings (SSSR count). The van der Waals surface area contributed by atoms with Crippen molar-refractivity contribution in [3.8, 4) is 0 Å². The quantitative estimate of drug-likeness (QED) is 0.636. The number of anilines is 3. The Morgan fingerprint density at radius 1 is 1.38 bits per heavy atom. The Balaban J connectivity index is 1.57. The van der Waals surface area contributed by atoms with Crippen LogP contribution in [0.3, 0.4) is 0 Å². The van der Waals surface area contributed by atoms with Gasteiger partial charge >= 0.3 is 0 Å². The molecule has 1 fully saturated rings. The zero-order valence-corrected chi connectivity index (χ0v) is 18.0. The Morgan fingerprint density at radius 3 is 2.93 bits per heavy atom. The van der Waals surface area contributed by atoms with Gasteiger partial charge in [0.15, 0.2) is 5.82 Å². The summed E-state index contributed by atoms with van der Waals surface area (Å²) in [6.07, 6.45) is 7.76. The summed E-state index contributed by atoms with van der Waals surface area (Å²) in [5.41, 5.74) is 0.806. The fraction of sp³-hybridized carbons (Fsp3) is 0.579. The van der Waals surface area contributed by atoms with Crippen LogP contribution in [-0.4, -0.2) is 81.6 Å². The van der Waals surface area contributed by atoms with Crippen LogP contribution in [0.5, 0.6) is 0 Å². The maximum absolute atomic E-state index is 12.2. The zero-order chi connectivity index (χ0) is 20.8. The lowest BCUT2D eigenvalue weighted by molar-refractivity contribution is -0.120. The molecule has 0 spiro atoms. The van der Waals surface area contributed by atoms with Gasteiger partial charge in [-0.15, -0.1) is 0 Å². The molecule has 0 aliphatic carbocycles. The van der Waals surface area contributed by atoms with E-state index in [0.717, 1.165) is 38.2 Å². The molecule has 0 amide bonds. The van der Waals surface area contributed by atoms with Crippen LogP contribution < -0.4 is 10.6 Å². The minimum atomic E-state index is 0.184. The van der Waals surface area contributed by atoms with Gasteiger partial charge in [-0.05, 0) is 33.5 Å². The summed E-state index contributed by atoms with van der Waals surface area (Å²) in [4.78, 5) is 25.2. The van der Waals surface area contributed by atoms with Crippen molar-refractivity contribution in [2.24, 2.45) is 7.05 Å². The number of Topliss-reactive ketones (excluding diaryl/α,β-unsaturated/α-hetero) is 1. The lowest BCUT2D eigenvalue weighted by atomic mass is 10.1. The predicted octanol–water partition coefficient (Wildman–Crippen LogP) is 2.00. The largest absolute Gasteiger partial charge is 0.365 e. The molecule has 29 heavy (non-hydrogen) atoms. The number of nitrogens with one attached hydrogen (secondary N) is 2. The van der Waals surface area contributed by atoms with E-state index < -0.39 is 0 Å². The van der Waals surface area contributed by atoms with Gasteiger partial charge in [0.1, 0.15) is 10.8 Å². The fourth-order valence-corrected chi connectivity index (χ4v) is 3.48. The third-order valence-corrected chi connectivity index (χ3v) is 5.07. The van der Waals surface area contributed by atoms with E-state index in [1.807, 2.05) is 32.2 Å². The van der Waals surface area contributed by atoms with Crippen molar-refractivity contribution in [2.75, 3.05) is 50.9 Å². The molecule has 0 radical (unpaired) electrons. The third kappa shape index (κ3) is 6.66. The van der Waals surface area contributed by atoms with Crippen molar-refractivity contribution in [1.82, 2.24) is 29.5 Å². The molecule has 158 valence electrons. The average Bonchev–Trinajstić information content (AvgIpc) is 3.08. The number of hydrogen-bond acceptors (Lipinski definition) is 8. The van der Waals surface area contributed by atoms with Gasteiger partial charge < -0.3 is 15.5 Å². The van der Waals surface area contributed by atoms with Gasteiger partial charge in [0.2, 0.25) is 5.95 Å². The highest BCUT2D eigenvalue weighted by molar-refractivity contribution is 6.32. The topological polar surface area (TPSA) is 91.2 Å². The second-order valence-electron chi connectivity index (χ2n) is 7.73. The van der Waals surface area contributed by atoms with Crippen LogP contribution >= 0.6 is 11.6 Å². The standard InChI is InChI=1S/C19H29ClN8O/c1-26(2)8-6-16(29)13-28-7-4-5-14(12-28)23-18-17(20)10-21-19(25-18)24-15-9-22-27(3)11-15/h9-11,14H,4-8,12-13H2,1-3H3,(H2,21,23,24,25). The lowest BCUT2D eigenvalue weighted by Crippen LogP contribution is -2.44. The third-order valence-electron chi connectivity index (χ3n) is 4.79. The Hall–Kier alpha value is -2.23. The van der Waals surface area contributed by atoms with Gasteiger partial charge in [-0.3, -0.25) is 14.4 Å². The Morgan fingerprint density at radius 2 is 2.21 bits per heavy atom. The molecule has 10 heteroatoms. The summed E-state index contributed by atoms with van der Waals surface area (Å²) in [5.74, 6) is 1.33. The second-order valence-corrected chi connectivity index (χ2v) is 8.14. The molecule has 1 aliphatic rings. The normalized spacial score (nSPS) is 17.5. The van der Waals surface area contributed by atoms with Crippen LogP contribution in [0.25, 0.3) is 0 Å². The smallest absolute Gasteiger partial charge is 0.229 e. The summed E-state index contributed by atoms with van der Waals surface area (Å²) in [5, 5.41) is 11.1. The molecule has 1 unspecified atom stereocenters. The molecule has 2 aromatic heterocycles. The first kappa shape index (κ1) is 21.5. The first-order chi connectivity index (χ1) is 13.9. The molecule has 3 heterocycles. The SMILES string of the molecule is CN(C)CCC(=O)CN1CCCC(Nc2nc(Nc3cnn(C)c3)ncc2Cl)C1. The number of halogens is 1. The number of hydrogen-bond donors (Lipinski definition) is 2. The molecular weight excluding hydrogens is 392 g/mol. The second kappa shape index (κ2) is 10.00. The number of ketones is 1. The van der Waals surface area contributed by atoms with Crippen molar-refractivity contribution in [2.45, 2.75) is 25.3 Å². The number of carbonyl (C=O) groups is 1. The molecule has 0 aromatic carbocycles. The van der Waals surface area contributed by atoms with Crippen molar-refractivity contribution < 1.29 is 4.79 Å². The number of piperidine rings is 1. The van der Waals surface area contributed by atoms with Gasteiger partial charge in [0, 0.05) is 38.8 Å². The lowest BCUT2D eigenvalue weighted by Gasteiger charge is -2.33. The number of carbonyl (C=O) groups excluding carboxylic acids is 1. The summed E-state index contributed by atoms with van der Waals surface area (Å²) >= 11 is 6.31. The molecule has 1 atom stereocenters. The van der Waals surface area contributed by atoms with Gasteiger partial charge in [-0.1, -0.05) is 11.6 Å². The van der Waals surface area contributed by atoms with E-state index >= 15 is 0 Å². The Labute approximate surface area is 176 Å². The summed E-state index contributed by atoms with van der Waals surface area (Å²) < 4.78 is 1.70. The van der Waals surface area contributed by atoms with Gasteiger partial charge in [0.05, 0.1) is 24.6 Å². The predicted molar refractivity (Wildman–Crippen MR) is 115 cm³/mol. The number of rotatable bonds is 9. The van der Waals surface area contributed by atoms with E-state index in [1.54, 1.807) is 17.1 Å². The fourth-order valence-electron chi connectivity index (χ4n) is 3.33. The molecule has 1 aliphatic heterocycles. The van der Waals surface area contributed by atoms with Gasteiger partial charge in [-0.25, -0.2) is 4.98 Å². The minimum absolute atomic E-state index is 0.184. The molecule has 2 aromatic rings. The highest BCUT2D eigenvalue weighted by Crippen LogP contribution is 2.24. The van der Waals surface area contributed by atoms with Crippen molar-refractivity contribution in [3.63, 3.8) is 0 Å². The molecular formula is C19H29ClN8O. The van der Waals surface area contributed by atoms with Crippen LogP contribution in [0, 0.1) is 0 Å². The summed E-state index contributed by atoms with van der Waals surface area (Å²) in [6, 6.07) is 0.184. The van der Waals surface area contributed by atoms with Gasteiger partial charge in [0.25, 0.3) is 0 Å². The molecule has 0 saturated carbocycles. The van der Waals surface area contributed by atoms with E-state index in [4.69, 9.17) is 11.6 Å². The molecule has 2 N–H and O–H groups in total. The van der Waals surface area contributed by atoms with E-state index in [0.29, 0.717) is 29.8 Å². The van der Waals surface area contributed by atoms with Crippen LogP contribution in [0.4, 0.5) is 17.5 Å². The Kier molecular flexibility index (Phi) is 7.40. The van der Waals surface area contributed by atoms with Crippen LogP contribution in [0.1, 0.15) is 19.3 Å². The number of likely N-dealkylation sites (tertiary alicyclic amines) is 1. The van der Waals surface area contributed by atoms with Crippen molar-refractivity contribution in [1.29, 1.82) is 0 Å².